The van der Waals surface area contributed by atoms with Crippen LogP contribution in [-0.2, 0) is 0 Å². The first-order valence-electron chi connectivity index (χ1n) is 3.29. The molecule has 0 radical (unpaired) electrons. The minimum Gasteiger partial charge on any atom is -0.278 e. The van der Waals surface area contributed by atoms with Crippen LogP contribution in [0.15, 0.2) is 18.2 Å². The van der Waals surface area contributed by atoms with Gasteiger partial charge in [0.15, 0.2) is 0 Å². The standard InChI is InChI=1S/C8H4Cl2NO2/c9-7-2-1-3-8(10)6(7)4-5-11(12)13/h1-4H/q-1. The van der Waals surface area contributed by atoms with Crippen LogP contribution >= 0.6 is 23.2 Å². The van der Waals surface area contributed by atoms with Crippen LogP contribution in [0, 0.1) is 16.3 Å². The largest absolute Gasteiger partial charge is 0.278 e. The molecule has 1 rings (SSSR count). The van der Waals surface area contributed by atoms with E-state index < -0.39 is 4.92 Å². The van der Waals surface area contributed by atoms with Crippen LogP contribution in [-0.4, -0.2) is 4.92 Å². The maximum atomic E-state index is 9.97. The molecule has 5 heteroatoms. The van der Waals surface area contributed by atoms with Crippen molar-refractivity contribution >= 4 is 29.3 Å². The summed E-state index contributed by atoms with van der Waals surface area (Å²) in [5.41, 5.74) is 0.405. The van der Waals surface area contributed by atoms with E-state index in [4.69, 9.17) is 23.2 Å². The molecule has 0 aromatic heterocycles. The van der Waals surface area contributed by atoms with E-state index in [2.05, 4.69) is 0 Å². The number of halogens is 2. The third-order valence-corrected chi connectivity index (χ3v) is 1.97. The van der Waals surface area contributed by atoms with Crippen molar-refractivity contribution in [1.82, 2.24) is 0 Å². The predicted molar refractivity (Wildman–Crippen MR) is 51.2 cm³/mol. The summed E-state index contributed by atoms with van der Waals surface area (Å²) in [5, 5.41) is 10.7. The zero-order valence-corrected chi connectivity index (χ0v) is 7.84. The van der Waals surface area contributed by atoms with Gasteiger partial charge < -0.3 is 0 Å². The van der Waals surface area contributed by atoms with Gasteiger partial charge in [0.25, 0.3) is 0 Å². The quantitative estimate of drug-likeness (QED) is 0.330. The number of hydrogen-bond acceptors (Lipinski definition) is 2. The second-order valence-electron chi connectivity index (χ2n) is 2.17. The zero-order valence-electron chi connectivity index (χ0n) is 6.33. The van der Waals surface area contributed by atoms with E-state index in [-0.39, 0.29) is 0 Å². The molecule has 0 bridgehead atoms. The second kappa shape index (κ2) is 4.25. The lowest BCUT2D eigenvalue weighted by molar-refractivity contribution is -0.417. The Labute approximate surface area is 84.7 Å². The first kappa shape index (κ1) is 10.0. The summed E-state index contributed by atoms with van der Waals surface area (Å²) in [6.45, 7) is 0. The van der Waals surface area contributed by atoms with Gasteiger partial charge in [-0.1, -0.05) is 18.2 Å². The van der Waals surface area contributed by atoms with Crippen LogP contribution in [0.2, 0.25) is 10.0 Å². The number of rotatable bonds is 2. The van der Waals surface area contributed by atoms with Gasteiger partial charge in [0.2, 0.25) is 0 Å². The lowest BCUT2D eigenvalue weighted by Gasteiger charge is -2.07. The topological polar surface area (TPSA) is 43.1 Å². The van der Waals surface area contributed by atoms with Crippen molar-refractivity contribution in [3.8, 4) is 0 Å². The van der Waals surface area contributed by atoms with E-state index in [9.17, 15) is 10.1 Å². The highest BCUT2D eigenvalue weighted by Crippen LogP contribution is 2.25. The molecule has 0 saturated heterocycles. The Bertz CT molecular complexity index is 343. The van der Waals surface area contributed by atoms with E-state index in [0.29, 0.717) is 15.6 Å². The zero-order chi connectivity index (χ0) is 9.84. The normalized spacial score (nSPS) is 10.6. The third kappa shape index (κ3) is 2.72. The monoisotopic (exact) mass is 216 g/mol. The smallest absolute Gasteiger partial charge is 0.121 e. The van der Waals surface area contributed by atoms with Crippen molar-refractivity contribution in [3.63, 3.8) is 0 Å². The lowest BCUT2D eigenvalue weighted by atomic mass is 10.2. The van der Waals surface area contributed by atoms with Gasteiger partial charge in [0.1, 0.15) is 6.20 Å². The van der Waals surface area contributed by atoms with Gasteiger partial charge in [-0.3, -0.25) is 10.1 Å². The first-order chi connectivity index (χ1) is 6.11. The highest BCUT2D eigenvalue weighted by Gasteiger charge is 1.92. The van der Waals surface area contributed by atoms with E-state index in [1.807, 2.05) is 6.20 Å². The van der Waals surface area contributed by atoms with Crippen molar-refractivity contribution in [2.24, 2.45) is 0 Å². The summed E-state index contributed by atoms with van der Waals surface area (Å²) in [6, 6.07) is 4.86. The van der Waals surface area contributed by atoms with Crippen LogP contribution in [0.1, 0.15) is 5.56 Å². The molecule has 0 aliphatic heterocycles. The Kier molecular flexibility index (Phi) is 3.28. The van der Waals surface area contributed by atoms with Crippen LogP contribution in [0.5, 0.6) is 0 Å². The molecule has 0 atom stereocenters. The summed E-state index contributed by atoms with van der Waals surface area (Å²) in [6.07, 6.45) is 3.02. The van der Waals surface area contributed by atoms with Crippen molar-refractivity contribution < 1.29 is 4.92 Å². The molecule has 0 saturated carbocycles. The number of nitro groups is 1. The molecule has 3 nitrogen and oxygen atoms in total. The van der Waals surface area contributed by atoms with E-state index in [1.54, 1.807) is 18.2 Å². The second-order valence-corrected chi connectivity index (χ2v) is 2.98. The fourth-order valence-electron chi connectivity index (χ4n) is 0.766. The van der Waals surface area contributed by atoms with Gasteiger partial charge in [0.05, 0.1) is 0 Å². The van der Waals surface area contributed by atoms with Crippen LogP contribution in [0.4, 0.5) is 0 Å². The van der Waals surface area contributed by atoms with Crippen molar-refractivity contribution in [3.05, 3.63) is 50.1 Å². The molecular weight excluding hydrogens is 213 g/mol. The third-order valence-electron chi connectivity index (χ3n) is 1.31. The lowest BCUT2D eigenvalue weighted by Crippen LogP contribution is -1.85. The number of hydrogen-bond donors (Lipinski definition) is 0. The van der Waals surface area contributed by atoms with Gasteiger partial charge in [-0.25, -0.2) is 0 Å². The average Bonchev–Trinajstić information content (AvgIpc) is 2.03. The van der Waals surface area contributed by atoms with Gasteiger partial charge in [0, 0.05) is 0 Å². The van der Waals surface area contributed by atoms with Gasteiger partial charge in [-0.05, 0) is 15.0 Å². The molecule has 0 unspecified atom stereocenters. The van der Waals surface area contributed by atoms with Crippen LogP contribution in [0.3, 0.4) is 0 Å². The molecule has 1 aromatic carbocycles. The molecule has 68 valence electrons. The van der Waals surface area contributed by atoms with Gasteiger partial charge >= 0.3 is 0 Å². The molecule has 0 aliphatic carbocycles. The molecule has 0 aliphatic rings. The summed E-state index contributed by atoms with van der Waals surface area (Å²) in [5.74, 6) is 0. The average molecular weight is 217 g/mol. The molecule has 13 heavy (non-hydrogen) atoms. The molecule has 0 amide bonds. The minimum absolute atomic E-state index is 0.363. The highest BCUT2D eigenvalue weighted by atomic mass is 35.5. The molecule has 0 fully saturated rings. The minimum atomic E-state index is -0.695. The van der Waals surface area contributed by atoms with E-state index in [1.165, 1.54) is 0 Å². The van der Waals surface area contributed by atoms with Crippen molar-refractivity contribution in [2.45, 2.75) is 0 Å². The number of nitrogens with zero attached hydrogens (tertiary/aromatic N) is 1. The SMILES string of the molecule is O=[N+]([O-])[C-]=Cc1c(Cl)cccc1Cl. The number of benzene rings is 1. The van der Waals surface area contributed by atoms with Gasteiger partial charge in [-0.15, -0.1) is 28.8 Å². The Balaban J connectivity index is 3.06. The molecule has 1 aromatic rings. The van der Waals surface area contributed by atoms with Crippen LogP contribution in [0.25, 0.3) is 6.08 Å². The first-order valence-corrected chi connectivity index (χ1v) is 4.04. The molecule has 0 spiro atoms. The molecule has 0 heterocycles. The van der Waals surface area contributed by atoms with E-state index in [0.717, 1.165) is 6.08 Å². The van der Waals surface area contributed by atoms with Crippen molar-refractivity contribution in [2.75, 3.05) is 0 Å². The fraction of sp³-hybridized carbons (Fsp3) is 0. The summed E-state index contributed by atoms with van der Waals surface area (Å²) < 4.78 is 0. The fourth-order valence-corrected chi connectivity index (χ4v) is 1.27. The molecular formula is C8H4Cl2NO2-. The van der Waals surface area contributed by atoms with Crippen LogP contribution < -0.4 is 0 Å². The summed E-state index contributed by atoms with van der Waals surface area (Å²) in [4.78, 5) is 9.28. The predicted octanol–water partition coefficient (Wildman–Crippen LogP) is 3.04. The van der Waals surface area contributed by atoms with Crippen molar-refractivity contribution in [1.29, 1.82) is 0 Å². The Morgan fingerprint density at radius 1 is 1.38 bits per heavy atom. The summed E-state index contributed by atoms with van der Waals surface area (Å²) in [7, 11) is 0. The van der Waals surface area contributed by atoms with E-state index >= 15 is 0 Å². The maximum absolute atomic E-state index is 9.97. The Morgan fingerprint density at radius 3 is 2.38 bits per heavy atom. The Hall–Kier alpha value is -1.06. The molecule has 0 N–H and O–H groups in total. The Morgan fingerprint density at radius 2 is 1.92 bits per heavy atom. The highest BCUT2D eigenvalue weighted by molar-refractivity contribution is 6.37. The summed E-state index contributed by atoms with van der Waals surface area (Å²) >= 11 is 11.5. The maximum Gasteiger partial charge on any atom is 0.121 e. The van der Waals surface area contributed by atoms with Gasteiger partial charge in [-0.2, -0.15) is 6.08 Å².